The van der Waals surface area contributed by atoms with Crippen LogP contribution in [-0.2, 0) is 9.59 Å². The van der Waals surface area contributed by atoms with Crippen LogP contribution in [0.1, 0.15) is 12.8 Å². The Kier molecular flexibility index (Phi) is 4.51. The highest BCUT2D eigenvalue weighted by Gasteiger charge is 2.20. The number of primary amides is 1. The molecule has 0 aromatic heterocycles. The normalized spacial score (nSPS) is 17.1. The molecule has 1 aliphatic carbocycles. The maximum Gasteiger partial charge on any atom is 0.248 e. The fourth-order valence-corrected chi connectivity index (χ4v) is 1.09. The Morgan fingerprint density at radius 3 is 2.67 bits per heavy atom. The molecule has 15 heavy (non-hydrogen) atoms. The molecule has 6 heteroatoms. The van der Waals surface area contributed by atoms with Crippen molar-refractivity contribution >= 4 is 11.8 Å². The third-order valence-electron chi connectivity index (χ3n) is 2.24. The van der Waals surface area contributed by atoms with Gasteiger partial charge in [-0.15, -0.1) is 0 Å². The number of carbonyl (C=O) groups excluding carboxylic acids is 2. The van der Waals surface area contributed by atoms with Crippen molar-refractivity contribution in [1.82, 2.24) is 10.6 Å². The zero-order valence-electron chi connectivity index (χ0n) is 8.53. The molecular formula is C9H17N3O3. The van der Waals surface area contributed by atoms with Gasteiger partial charge in [-0.3, -0.25) is 9.59 Å². The van der Waals surface area contributed by atoms with Gasteiger partial charge in [-0.25, -0.2) is 0 Å². The standard InChI is InChI=1S/C9H17N3O3/c10-9(15)7(13)4-12-8(14)5-11-3-6-1-2-6/h6-7,11,13H,1-5H2,(H2,10,15)(H,12,14). The lowest BCUT2D eigenvalue weighted by atomic mass is 10.3. The Hall–Kier alpha value is -1.14. The molecule has 1 saturated carbocycles. The third-order valence-corrected chi connectivity index (χ3v) is 2.24. The maximum absolute atomic E-state index is 11.1. The van der Waals surface area contributed by atoms with Crippen molar-refractivity contribution in [2.75, 3.05) is 19.6 Å². The van der Waals surface area contributed by atoms with Gasteiger partial charge in [0.15, 0.2) is 0 Å². The van der Waals surface area contributed by atoms with Crippen molar-refractivity contribution in [3.05, 3.63) is 0 Å². The Morgan fingerprint density at radius 2 is 2.13 bits per heavy atom. The summed E-state index contributed by atoms with van der Waals surface area (Å²) in [6.45, 7) is 0.938. The molecule has 0 aromatic rings. The summed E-state index contributed by atoms with van der Waals surface area (Å²) in [5, 5.41) is 14.4. The minimum atomic E-state index is -1.31. The fraction of sp³-hybridized carbons (Fsp3) is 0.778. The third kappa shape index (κ3) is 5.34. The molecule has 2 amide bonds. The van der Waals surface area contributed by atoms with Gasteiger partial charge in [-0.1, -0.05) is 0 Å². The molecule has 0 saturated heterocycles. The number of nitrogens with two attached hydrogens (primary N) is 1. The first-order valence-corrected chi connectivity index (χ1v) is 5.04. The molecule has 1 atom stereocenters. The molecular weight excluding hydrogens is 198 g/mol. The maximum atomic E-state index is 11.1. The summed E-state index contributed by atoms with van der Waals surface area (Å²) in [7, 11) is 0. The van der Waals surface area contributed by atoms with E-state index in [4.69, 9.17) is 10.8 Å². The molecule has 0 spiro atoms. The highest BCUT2D eigenvalue weighted by Crippen LogP contribution is 2.27. The summed E-state index contributed by atoms with van der Waals surface area (Å²) < 4.78 is 0. The summed E-state index contributed by atoms with van der Waals surface area (Å²) in [6.07, 6.45) is 1.15. The molecule has 1 fully saturated rings. The summed E-state index contributed by atoms with van der Waals surface area (Å²) in [5.41, 5.74) is 4.81. The van der Waals surface area contributed by atoms with Crippen molar-refractivity contribution < 1.29 is 14.7 Å². The lowest BCUT2D eigenvalue weighted by molar-refractivity contribution is -0.126. The molecule has 0 aliphatic heterocycles. The van der Waals surface area contributed by atoms with Gasteiger partial charge in [0.25, 0.3) is 0 Å². The van der Waals surface area contributed by atoms with Crippen molar-refractivity contribution in [1.29, 1.82) is 0 Å². The number of nitrogens with one attached hydrogen (secondary N) is 2. The number of aliphatic hydroxyl groups excluding tert-OH is 1. The average molecular weight is 215 g/mol. The topological polar surface area (TPSA) is 104 Å². The van der Waals surface area contributed by atoms with E-state index in [1.165, 1.54) is 12.8 Å². The zero-order valence-corrected chi connectivity index (χ0v) is 8.53. The van der Waals surface area contributed by atoms with E-state index in [-0.39, 0.29) is 19.0 Å². The number of carbonyl (C=O) groups is 2. The Labute approximate surface area is 88.2 Å². The molecule has 1 unspecified atom stereocenters. The number of hydrogen-bond donors (Lipinski definition) is 4. The molecule has 0 heterocycles. The monoisotopic (exact) mass is 215 g/mol. The van der Waals surface area contributed by atoms with Crippen LogP contribution in [0.15, 0.2) is 0 Å². The lowest BCUT2D eigenvalue weighted by Crippen LogP contribution is -2.43. The summed E-state index contributed by atoms with van der Waals surface area (Å²) in [5.74, 6) is -0.355. The lowest BCUT2D eigenvalue weighted by Gasteiger charge is -2.08. The van der Waals surface area contributed by atoms with E-state index in [0.717, 1.165) is 6.54 Å². The van der Waals surface area contributed by atoms with Crippen LogP contribution in [0.5, 0.6) is 0 Å². The van der Waals surface area contributed by atoms with Crippen molar-refractivity contribution in [3.8, 4) is 0 Å². The first kappa shape index (κ1) is 11.9. The fourth-order valence-electron chi connectivity index (χ4n) is 1.09. The van der Waals surface area contributed by atoms with Gasteiger partial charge in [0, 0.05) is 0 Å². The van der Waals surface area contributed by atoms with Crippen LogP contribution < -0.4 is 16.4 Å². The van der Waals surface area contributed by atoms with Gasteiger partial charge in [0.2, 0.25) is 11.8 Å². The highest BCUT2D eigenvalue weighted by molar-refractivity contribution is 5.81. The quantitative estimate of drug-likeness (QED) is 0.392. The summed E-state index contributed by atoms with van der Waals surface area (Å²) in [6, 6.07) is 0. The first-order valence-electron chi connectivity index (χ1n) is 5.04. The predicted octanol–water partition coefficient (Wildman–Crippen LogP) is -2.05. The molecule has 1 aliphatic rings. The van der Waals surface area contributed by atoms with Crippen LogP contribution in [0, 0.1) is 5.92 Å². The summed E-state index contributed by atoms with van der Waals surface area (Å²) in [4.78, 5) is 21.6. The first-order chi connectivity index (χ1) is 7.09. The van der Waals surface area contributed by atoms with Crippen molar-refractivity contribution in [2.45, 2.75) is 18.9 Å². The zero-order chi connectivity index (χ0) is 11.3. The van der Waals surface area contributed by atoms with Crippen LogP contribution in [0.4, 0.5) is 0 Å². The minimum absolute atomic E-state index is 0.126. The van der Waals surface area contributed by atoms with Gasteiger partial charge in [-0.2, -0.15) is 0 Å². The Bertz CT molecular complexity index is 241. The average Bonchev–Trinajstić information content (AvgIpc) is 2.97. The van der Waals surface area contributed by atoms with E-state index in [1.54, 1.807) is 0 Å². The second kappa shape index (κ2) is 5.67. The molecule has 86 valence electrons. The number of aliphatic hydroxyl groups is 1. The van der Waals surface area contributed by atoms with Crippen LogP contribution in [0.2, 0.25) is 0 Å². The van der Waals surface area contributed by atoms with E-state index in [1.807, 2.05) is 0 Å². The van der Waals surface area contributed by atoms with E-state index in [2.05, 4.69) is 10.6 Å². The second-order valence-electron chi connectivity index (χ2n) is 3.80. The van der Waals surface area contributed by atoms with Gasteiger partial charge < -0.3 is 21.5 Å². The molecule has 6 nitrogen and oxygen atoms in total. The number of rotatable bonds is 7. The van der Waals surface area contributed by atoms with E-state index in [9.17, 15) is 9.59 Å². The van der Waals surface area contributed by atoms with Crippen LogP contribution in [0.3, 0.4) is 0 Å². The van der Waals surface area contributed by atoms with Crippen molar-refractivity contribution in [3.63, 3.8) is 0 Å². The Morgan fingerprint density at radius 1 is 1.47 bits per heavy atom. The van der Waals surface area contributed by atoms with E-state index >= 15 is 0 Å². The van der Waals surface area contributed by atoms with Gasteiger partial charge in [0.1, 0.15) is 6.10 Å². The SMILES string of the molecule is NC(=O)C(O)CNC(=O)CNCC1CC1. The van der Waals surface area contributed by atoms with Crippen LogP contribution >= 0.6 is 0 Å². The van der Waals surface area contributed by atoms with Gasteiger partial charge >= 0.3 is 0 Å². The number of amides is 2. The van der Waals surface area contributed by atoms with Crippen LogP contribution in [-0.4, -0.2) is 42.7 Å². The van der Waals surface area contributed by atoms with Gasteiger partial charge in [-0.05, 0) is 25.3 Å². The Balaban J connectivity index is 1.99. The molecule has 0 bridgehead atoms. The predicted molar refractivity (Wildman–Crippen MR) is 53.8 cm³/mol. The summed E-state index contributed by atoms with van der Waals surface area (Å²) >= 11 is 0. The van der Waals surface area contributed by atoms with Crippen molar-refractivity contribution in [2.24, 2.45) is 11.7 Å². The second-order valence-corrected chi connectivity index (χ2v) is 3.80. The highest BCUT2D eigenvalue weighted by atomic mass is 16.3. The van der Waals surface area contributed by atoms with Crippen LogP contribution in [0.25, 0.3) is 0 Å². The van der Waals surface area contributed by atoms with Gasteiger partial charge in [0.05, 0.1) is 13.1 Å². The van der Waals surface area contributed by atoms with E-state index in [0.29, 0.717) is 5.92 Å². The minimum Gasteiger partial charge on any atom is -0.381 e. The van der Waals surface area contributed by atoms with E-state index < -0.39 is 12.0 Å². The molecule has 0 aromatic carbocycles. The molecule has 1 rings (SSSR count). The molecule has 5 N–H and O–H groups in total. The molecule has 0 radical (unpaired) electrons. The smallest absolute Gasteiger partial charge is 0.248 e. The largest absolute Gasteiger partial charge is 0.381 e. The number of hydrogen-bond acceptors (Lipinski definition) is 4.